The van der Waals surface area contributed by atoms with Gasteiger partial charge in [0.15, 0.2) is 0 Å². The Morgan fingerprint density at radius 2 is 1.84 bits per heavy atom. The van der Waals surface area contributed by atoms with Crippen LogP contribution in [-0.2, 0) is 14.3 Å². The fourth-order valence-corrected chi connectivity index (χ4v) is 3.52. The third kappa shape index (κ3) is 5.48. The van der Waals surface area contributed by atoms with E-state index < -0.39 is 24.0 Å². The van der Waals surface area contributed by atoms with Crippen LogP contribution in [0.25, 0.3) is 0 Å². The Balaban J connectivity index is 1.65. The molecule has 1 aliphatic rings. The number of carbonyl (C=O) groups excluding carboxylic acids is 4. The Bertz CT molecular complexity index is 1010. The van der Waals surface area contributed by atoms with Gasteiger partial charge in [-0.15, -0.1) is 11.3 Å². The first-order valence-corrected chi connectivity index (χ1v) is 10.4. The van der Waals surface area contributed by atoms with Crippen molar-refractivity contribution in [2.75, 3.05) is 18.5 Å². The molecule has 1 aromatic carbocycles. The van der Waals surface area contributed by atoms with E-state index >= 15 is 0 Å². The summed E-state index contributed by atoms with van der Waals surface area (Å²) in [6.45, 7) is 3.17. The molecule has 0 spiro atoms. The molecule has 0 radical (unpaired) electrons. The largest absolute Gasteiger partial charge is 0.463 e. The van der Waals surface area contributed by atoms with E-state index in [1.54, 1.807) is 38.1 Å². The zero-order chi connectivity index (χ0) is 22.4. The highest BCUT2D eigenvalue weighted by molar-refractivity contribution is 7.12. The number of carbonyl (C=O) groups is 4. The molecule has 3 amide bonds. The molecule has 2 aromatic rings. The van der Waals surface area contributed by atoms with Crippen LogP contribution >= 0.6 is 11.3 Å². The molecule has 0 fully saturated rings. The lowest BCUT2D eigenvalue weighted by Gasteiger charge is -2.26. The van der Waals surface area contributed by atoms with Gasteiger partial charge in [-0.3, -0.25) is 4.79 Å². The first-order valence-electron chi connectivity index (χ1n) is 9.48. The van der Waals surface area contributed by atoms with Crippen LogP contribution in [0.4, 0.5) is 10.5 Å². The van der Waals surface area contributed by atoms with Gasteiger partial charge in [-0.05, 0) is 49.6 Å². The van der Waals surface area contributed by atoms with Crippen LogP contribution in [0.1, 0.15) is 33.9 Å². The topological polar surface area (TPSA) is 123 Å². The summed E-state index contributed by atoms with van der Waals surface area (Å²) in [5.41, 5.74) is 1.14. The minimum Gasteiger partial charge on any atom is -0.463 e. The number of amides is 3. The van der Waals surface area contributed by atoms with Gasteiger partial charge in [0.25, 0.3) is 5.91 Å². The normalized spacial score (nSPS) is 15.5. The van der Waals surface area contributed by atoms with Crippen molar-refractivity contribution in [1.82, 2.24) is 10.6 Å². The van der Waals surface area contributed by atoms with E-state index in [1.807, 2.05) is 5.38 Å². The van der Waals surface area contributed by atoms with Crippen LogP contribution in [0, 0.1) is 0 Å². The van der Waals surface area contributed by atoms with E-state index in [0.717, 1.165) is 0 Å². The van der Waals surface area contributed by atoms with Crippen LogP contribution in [0.3, 0.4) is 0 Å². The van der Waals surface area contributed by atoms with Gasteiger partial charge in [0.05, 0.1) is 34.4 Å². The second kappa shape index (κ2) is 9.90. The average Bonchev–Trinajstić information content (AvgIpc) is 3.27. The van der Waals surface area contributed by atoms with Crippen molar-refractivity contribution in [3.8, 4) is 0 Å². The molecular formula is C21H21N3O6S. The molecule has 0 saturated carbocycles. The van der Waals surface area contributed by atoms with Crippen LogP contribution < -0.4 is 16.0 Å². The minimum absolute atomic E-state index is 0.169. The molecule has 1 unspecified atom stereocenters. The number of hydrogen-bond acceptors (Lipinski definition) is 7. The van der Waals surface area contributed by atoms with Crippen molar-refractivity contribution in [3.63, 3.8) is 0 Å². The predicted octanol–water partition coefficient (Wildman–Crippen LogP) is 2.68. The Hall–Kier alpha value is -3.66. The Kier molecular flexibility index (Phi) is 7.03. The Labute approximate surface area is 182 Å². The van der Waals surface area contributed by atoms with Crippen LogP contribution in [0.2, 0.25) is 0 Å². The molecule has 1 aliphatic heterocycles. The smallest absolute Gasteiger partial charge is 0.338 e. The highest BCUT2D eigenvalue weighted by atomic mass is 32.1. The maximum Gasteiger partial charge on any atom is 0.338 e. The minimum atomic E-state index is -0.646. The number of anilines is 1. The van der Waals surface area contributed by atoms with Crippen molar-refractivity contribution in [3.05, 3.63) is 63.5 Å². The predicted molar refractivity (Wildman–Crippen MR) is 114 cm³/mol. The average molecular weight is 443 g/mol. The standard InChI is InChI=1S/C21H21N3O6S/c1-3-29-20(27)17-12(2)22-21(28)24-15(17)11-30-19(26)13-6-8-14(9-7-13)23-18(25)16-5-4-10-31-16/h4-10,12H,3,11H2,1-2H3,(H,23,25)(H2,22,24,28). The van der Waals surface area contributed by atoms with Gasteiger partial charge in [0.2, 0.25) is 0 Å². The molecule has 9 nitrogen and oxygen atoms in total. The summed E-state index contributed by atoms with van der Waals surface area (Å²) in [5, 5.41) is 9.61. The first-order chi connectivity index (χ1) is 14.9. The molecule has 3 rings (SSSR count). The van der Waals surface area contributed by atoms with Crippen molar-refractivity contribution in [2.24, 2.45) is 0 Å². The molecule has 0 saturated heterocycles. The molecule has 3 N–H and O–H groups in total. The van der Waals surface area contributed by atoms with E-state index in [9.17, 15) is 19.2 Å². The van der Waals surface area contributed by atoms with Gasteiger partial charge in [-0.2, -0.15) is 0 Å². The summed E-state index contributed by atoms with van der Waals surface area (Å²) in [7, 11) is 0. The molecule has 1 aromatic heterocycles. The lowest BCUT2D eigenvalue weighted by molar-refractivity contribution is -0.139. The SMILES string of the molecule is CCOC(=O)C1=C(COC(=O)c2ccc(NC(=O)c3cccs3)cc2)NC(=O)NC1C. The maximum atomic E-state index is 12.4. The number of thiophene rings is 1. The van der Waals surface area contributed by atoms with Crippen molar-refractivity contribution < 1.29 is 28.7 Å². The fourth-order valence-electron chi connectivity index (χ4n) is 2.90. The van der Waals surface area contributed by atoms with Crippen LogP contribution in [0.5, 0.6) is 0 Å². The molecule has 2 heterocycles. The van der Waals surface area contributed by atoms with Gasteiger partial charge in [-0.25, -0.2) is 14.4 Å². The number of esters is 2. The number of urea groups is 1. The van der Waals surface area contributed by atoms with E-state index in [1.165, 1.54) is 23.5 Å². The molecule has 0 bridgehead atoms. The number of hydrogen-bond donors (Lipinski definition) is 3. The summed E-state index contributed by atoms with van der Waals surface area (Å²) in [6, 6.07) is 8.59. The highest BCUT2D eigenvalue weighted by Crippen LogP contribution is 2.17. The fraction of sp³-hybridized carbons (Fsp3) is 0.238. The second-order valence-corrected chi connectivity index (χ2v) is 7.47. The van der Waals surface area contributed by atoms with E-state index in [4.69, 9.17) is 9.47 Å². The molecule has 162 valence electrons. The van der Waals surface area contributed by atoms with Gasteiger partial charge in [0.1, 0.15) is 6.61 Å². The van der Waals surface area contributed by atoms with E-state index in [-0.39, 0.29) is 36.0 Å². The lowest BCUT2D eigenvalue weighted by atomic mass is 10.0. The number of ether oxygens (including phenoxy) is 2. The first kappa shape index (κ1) is 22.0. The van der Waals surface area contributed by atoms with Gasteiger partial charge < -0.3 is 25.4 Å². The zero-order valence-corrected chi connectivity index (χ0v) is 17.7. The third-order valence-electron chi connectivity index (χ3n) is 4.34. The summed E-state index contributed by atoms with van der Waals surface area (Å²) >= 11 is 1.33. The van der Waals surface area contributed by atoms with Crippen LogP contribution in [0.15, 0.2) is 53.0 Å². The summed E-state index contributed by atoms with van der Waals surface area (Å²) in [5.74, 6) is -1.48. The monoisotopic (exact) mass is 443 g/mol. The number of benzene rings is 1. The second-order valence-electron chi connectivity index (χ2n) is 6.52. The zero-order valence-electron chi connectivity index (χ0n) is 16.9. The molecular weight excluding hydrogens is 422 g/mol. The molecule has 10 heteroatoms. The quantitative estimate of drug-likeness (QED) is 0.566. The van der Waals surface area contributed by atoms with Crippen molar-refractivity contribution in [2.45, 2.75) is 19.9 Å². The highest BCUT2D eigenvalue weighted by Gasteiger charge is 2.30. The van der Waals surface area contributed by atoms with Gasteiger partial charge in [0, 0.05) is 5.69 Å². The van der Waals surface area contributed by atoms with Crippen molar-refractivity contribution in [1.29, 1.82) is 0 Å². The summed E-state index contributed by atoms with van der Waals surface area (Å²) in [6.07, 6.45) is 0. The lowest BCUT2D eigenvalue weighted by Crippen LogP contribution is -2.50. The van der Waals surface area contributed by atoms with Crippen LogP contribution in [-0.4, -0.2) is 43.1 Å². The Morgan fingerprint density at radius 3 is 2.48 bits per heavy atom. The van der Waals surface area contributed by atoms with E-state index in [0.29, 0.717) is 10.6 Å². The number of nitrogens with one attached hydrogen (secondary N) is 3. The number of rotatable bonds is 7. The van der Waals surface area contributed by atoms with Gasteiger partial charge in [-0.1, -0.05) is 6.07 Å². The molecule has 1 atom stereocenters. The van der Waals surface area contributed by atoms with Crippen molar-refractivity contribution >= 4 is 40.9 Å². The Morgan fingerprint density at radius 1 is 1.10 bits per heavy atom. The van der Waals surface area contributed by atoms with Gasteiger partial charge >= 0.3 is 18.0 Å². The summed E-state index contributed by atoms with van der Waals surface area (Å²) < 4.78 is 10.3. The maximum absolute atomic E-state index is 12.4. The summed E-state index contributed by atoms with van der Waals surface area (Å²) in [4.78, 5) is 49.0. The van der Waals surface area contributed by atoms with E-state index in [2.05, 4.69) is 16.0 Å². The molecule has 31 heavy (non-hydrogen) atoms. The molecule has 0 aliphatic carbocycles. The third-order valence-corrected chi connectivity index (χ3v) is 5.21.